The minimum atomic E-state index is 0.135. The Bertz CT molecular complexity index is 627. The van der Waals surface area contributed by atoms with E-state index in [4.69, 9.17) is 4.74 Å². The molecule has 4 aliphatic rings. The number of ether oxygens (including phenoxy) is 1. The topological polar surface area (TPSA) is 43.4 Å². The quantitative estimate of drug-likeness (QED) is 0.693. The number of Topliss-reactive ketones (excluding diaryl/α,β-unsaturated/α-hetero) is 2. The van der Waals surface area contributed by atoms with Crippen molar-refractivity contribution in [3.8, 4) is 0 Å². The Morgan fingerprint density at radius 3 is 2.41 bits per heavy atom. The van der Waals surface area contributed by atoms with E-state index in [9.17, 15) is 9.59 Å². The van der Waals surface area contributed by atoms with Gasteiger partial charge in [0.15, 0.2) is 0 Å². The number of fused-ring (bicyclic) bond motifs is 5. The highest BCUT2D eigenvalue weighted by atomic mass is 16.5. The Morgan fingerprint density at radius 1 is 1.07 bits per heavy atom. The monoisotopic (exact) mass is 374 g/mol. The molecule has 0 saturated heterocycles. The van der Waals surface area contributed by atoms with Crippen LogP contribution in [-0.2, 0) is 14.3 Å². The second-order valence-electron chi connectivity index (χ2n) is 10.9. The largest absolute Gasteiger partial charge is 0.381 e. The van der Waals surface area contributed by atoms with Crippen molar-refractivity contribution in [2.45, 2.75) is 85.2 Å². The molecule has 0 aromatic carbocycles. The molecule has 0 aromatic heterocycles. The van der Waals surface area contributed by atoms with E-state index in [1.165, 1.54) is 19.3 Å². The fraction of sp³-hybridized carbons (Fsp3) is 0.917. The van der Waals surface area contributed by atoms with Crippen molar-refractivity contribution < 1.29 is 14.3 Å². The maximum Gasteiger partial charge on any atom is 0.136 e. The van der Waals surface area contributed by atoms with Gasteiger partial charge in [0.25, 0.3) is 0 Å². The summed E-state index contributed by atoms with van der Waals surface area (Å²) in [5.41, 5.74) is 0.480. The molecule has 9 atom stereocenters. The highest BCUT2D eigenvalue weighted by Crippen LogP contribution is 2.67. The van der Waals surface area contributed by atoms with Crippen molar-refractivity contribution in [2.24, 2.45) is 46.3 Å². The molecule has 3 nitrogen and oxygen atoms in total. The van der Waals surface area contributed by atoms with Crippen LogP contribution < -0.4 is 0 Å². The van der Waals surface area contributed by atoms with Crippen LogP contribution >= 0.6 is 0 Å². The summed E-state index contributed by atoms with van der Waals surface area (Å²) in [6.07, 6.45) is 9.17. The lowest BCUT2D eigenvalue weighted by Gasteiger charge is -2.60. The zero-order valence-corrected chi connectivity index (χ0v) is 17.9. The molecule has 152 valence electrons. The third-order valence-electron chi connectivity index (χ3n) is 10.1. The van der Waals surface area contributed by atoms with Crippen LogP contribution in [0.2, 0.25) is 0 Å². The normalized spacial score (nSPS) is 50.5. The van der Waals surface area contributed by atoms with E-state index < -0.39 is 0 Å². The number of carbonyl (C=O) groups excluding carboxylic acids is 2. The molecule has 0 amide bonds. The third kappa shape index (κ3) is 2.78. The van der Waals surface area contributed by atoms with Gasteiger partial charge >= 0.3 is 0 Å². The van der Waals surface area contributed by atoms with Gasteiger partial charge in [-0.3, -0.25) is 9.59 Å². The molecule has 4 aliphatic carbocycles. The van der Waals surface area contributed by atoms with Crippen LogP contribution in [0.5, 0.6) is 0 Å². The van der Waals surface area contributed by atoms with Crippen LogP contribution in [0, 0.1) is 46.3 Å². The molecule has 27 heavy (non-hydrogen) atoms. The van der Waals surface area contributed by atoms with Crippen molar-refractivity contribution in [2.75, 3.05) is 7.11 Å². The lowest BCUT2D eigenvalue weighted by molar-refractivity contribution is -0.162. The smallest absolute Gasteiger partial charge is 0.136 e. The molecule has 0 N–H and O–H groups in total. The molecular weight excluding hydrogens is 336 g/mol. The van der Waals surface area contributed by atoms with Gasteiger partial charge in [-0.1, -0.05) is 20.8 Å². The third-order valence-corrected chi connectivity index (χ3v) is 10.1. The van der Waals surface area contributed by atoms with E-state index in [0.29, 0.717) is 46.8 Å². The Hall–Kier alpha value is -0.700. The summed E-state index contributed by atoms with van der Waals surface area (Å²) in [6, 6.07) is 0. The SMILES string of the molecule is CO[C@@H]1CC[C@@]2(C)[C@H](CC(=O)[C@@H]3[C@@H]2CC[C@]2(C)[C@@H]([C@H](C)C(C)=O)CC[C@@H]32)C1. The van der Waals surface area contributed by atoms with Gasteiger partial charge in [-0.25, -0.2) is 0 Å². The molecule has 3 heteroatoms. The van der Waals surface area contributed by atoms with Crippen LogP contribution in [0.25, 0.3) is 0 Å². The summed E-state index contributed by atoms with van der Waals surface area (Å²) in [6.45, 7) is 8.77. The summed E-state index contributed by atoms with van der Waals surface area (Å²) in [5, 5.41) is 0. The van der Waals surface area contributed by atoms with Gasteiger partial charge in [-0.15, -0.1) is 0 Å². The summed E-state index contributed by atoms with van der Waals surface area (Å²) >= 11 is 0. The molecule has 0 bridgehead atoms. The lowest BCUT2D eigenvalue weighted by Crippen LogP contribution is -2.57. The number of hydrogen-bond acceptors (Lipinski definition) is 3. The molecule has 0 aliphatic heterocycles. The summed E-state index contributed by atoms with van der Waals surface area (Å²) < 4.78 is 5.66. The first kappa shape index (κ1) is 19.6. The van der Waals surface area contributed by atoms with E-state index in [1.807, 2.05) is 7.11 Å². The molecule has 0 spiro atoms. The number of hydrogen-bond donors (Lipinski definition) is 0. The number of ketones is 2. The highest BCUT2D eigenvalue weighted by Gasteiger charge is 2.63. The Labute approximate surface area is 165 Å². The average molecular weight is 375 g/mol. The van der Waals surface area contributed by atoms with Crippen LogP contribution in [0.15, 0.2) is 0 Å². The highest BCUT2D eigenvalue weighted by molar-refractivity contribution is 5.83. The van der Waals surface area contributed by atoms with Crippen LogP contribution in [0.1, 0.15) is 79.1 Å². The lowest BCUT2D eigenvalue weighted by atomic mass is 9.44. The van der Waals surface area contributed by atoms with Gasteiger partial charge in [-0.2, -0.15) is 0 Å². The molecule has 0 unspecified atom stereocenters. The van der Waals surface area contributed by atoms with Crippen LogP contribution in [-0.4, -0.2) is 24.8 Å². The zero-order valence-electron chi connectivity index (χ0n) is 17.9. The van der Waals surface area contributed by atoms with Gasteiger partial charge in [-0.05, 0) is 86.4 Å². The second-order valence-corrected chi connectivity index (χ2v) is 10.9. The minimum absolute atomic E-state index is 0.135. The fourth-order valence-corrected chi connectivity index (χ4v) is 8.25. The summed E-state index contributed by atoms with van der Waals surface area (Å²) in [5.74, 6) is 3.24. The molecular formula is C24H38O3. The van der Waals surface area contributed by atoms with E-state index in [-0.39, 0.29) is 17.3 Å². The number of rotatable bonds is 3. The molecule has 0 aromatic rings. The van der Waals surface area contributed by atoms with Crippen molar-refractivity contribution >= 4 is 11.6 Å². The van der Waals surface area contributed by atoms with E-state index >= 15 is 0 Å². The second kappa shape index (κ2) is 6.68. The first-order chi connectivity index (χ1) is 12.7. The van der Waals surface area contributed by atoms with Crippen molar-refractivity contribution in [1.29, 1.82) is 0 Å². The molecule has 4 rings (SSSR count). The molecule has 0 heterocycles. The summed E-state index contributed by atoms with van der Waals surface area (Å²) in [7, 11) is 1.82. The van der Waals surface area contributed by atoms with Gasteiger partial charge in [0.05, 0.1) is 6.10 Å². The predicted molar refractivity (Wildman–Crippen MR) is 106 cm³/mol. The Balaban J connectivity index is 1.62. The minimum Gasteiger partial charge on any atom is -0.381 e. The number of carbonyl (C=O) groups is 2. The van der Waals surface area contributed by atoms with Gasteiger partial charge in [0, 0.05) is 25.4 Å². The number of methoxy groups -OCH3 is 1. The molecule has 0 radical (unpaired) electrons. The van der Waals surface area contributed by atoms with E-state index in [1.54, 1.807) is 6.92 Å². The van der Waals surface area contributed by atoms with Crippen LogP contribution in [0.3, 0.4) is 0 Å². The van der Waals surface area contributed by atoms with Gasteiger partial charge in [0.1, 0.15) is 11.6 Å². The van der Waals surface area contributed by atoms with Crippen molar-refractivity contribution in [3.63, 3.8) is 0 Å². The van der Waals surface area contributed by atoms with Crippen LogP contribution in [0.4, 0.5) is 0 Å². The van der Waals surface area contributed by atoms with Gasteiger partial charge < -0.3 is 4.74 Å². The van der Waals surface area contributed by atoms with Gasteiger partial charge in [0.2, 0.25) is 0 Å². The first-order valence-corrected chi connectivity index (χ1v) is 11.3. The maximum absolute atomic E-state index is 13.4. The van der Waals surface area contributed by atoms with Crippen molar-refractivity contribution in [3.05, 3.63) is 0 Å². The zero-order chi connectivity index (χ0) is 19.6. The van der Waals surface area contributed by atoms with E-state index in [2.05, 4.69) is 20.8 Å². The summed E-state index contributed by atoms with van der Waals surface area (Å²) in [4.78, 5) is 25.5. The predicted octanol–water partition coefficient (Wildman–Crippen LogP) is 5.06. The molecule has 4 fully saturated rings. The molecule has 4 saturated carbocycles. The Kier molecular flexibility index (Phi) is 4.85. The standard InChI is InChI=1S/C24H38O3/c1-14(15(2)25)18-6-7-19-22-20(9-11-24(18,19)4)23(3)10-8-17(27-5)12-16(23)13-21(22)26/h14,16-20,22H,6-13H2,1-5H3/t14-,16+,17-,18-,19+,20+,22+,23+,24-/m1/s1. The maximum atomic E-state index is 13.4. The Morgan fingerprint density at radius 2 is 1.74 bits per heavy atom. The first-order valence-electron chi connectivity index (χ1n) is 11.3. The van der Waals surface area contributed by atoms with Crippen molar-refractivity contribution in [1.82, 2.24) is 0 Å². The van der Waals surface area contributed by atoms with E-state index in [0.717, 1.165) is 32.1 Å². The average Bonchev–Trinajstić information content (AvgIpc) is 2.98. The fourth-order valence-electron chi connectivity index (χ4n) is 8.25.